The van der Waals surface area contributed by atoms with E-state index >= 15 is 0 Å². The van der Waals surface area contributed by atoms with Gasteiger partial charge < -0.3 is 29.2 Å². The topological polar surface area (TPSA) is 77.4 Å². The molecule has 6 nitrogen and oxygen atoms in total. The maximum atomic E-state index is 8.65. The number of benzene rings is 1. The molecule has 1 aromatic carbocycles. The molecule has 2 N–H and O–H groups in total. The van der Waals surface area contributed by atoms with E-state index in [1.807, 2.05) is 26.0 Å². The molecule has 0 bridgehead atoms. The number of hydrogen-bond donors (Lipinski definition) is 2. The van der Waals surface area contributed by atoms with E-state index in [4.69, 9.17) is 29.2 Å². The lowest BCUT2D eigenvalue weighted by Crippen LogP contribution is -2.12. The first-order valence-corrected chi connectivity index (χ1v) is 7.43. The Labute approximate surface area is 131 Å². The fourth-order valence-electron chi connectivity index (χ4n) is 1.95. The van der Waals surface area contributed by atoms with Crippen LogP contribution in [0.5, 0.6) is 11.5 Å². The van der Waals surface area contributed by atoms with Crippen molar-refractivity contribution in [3.63, 3.8) is 0 Å². The Morgan fingerprint density at radius 3 is 1.95 bits per heavy atom. The second kappa shape index (κ2) is 11.3. The first-order chi connectivity index (χ1) is 10.7. The van der Waals surface area contributed by atoms with E-state index in [9.17, 15) is 0 Å². The third-order valence-electron chi connectivity index (χ3n) is 2.82. The molecule has 0 heterocycles. The van der Waals surface area contributed by atoms with Crippen LogP contribution >= 0.6 is 0 Å². The highest BCUT2D eigenvalue weighted by atomic mass is 16.6. The second-order valence-corrected chi connectivity index (χ2v) is 4.78. The van der Waals surface area contributed by atoms with Gasteiger partial charge in [0, 0.05) is 0 Å². The maximum absolute atomic E-state index is 8.65. The second-order valence-electron chi connectivity index (χ2n) is 4.78. The van der Waals surface area contributed by atoms with Crippen molar-refractivity contribution < 1.29 is 29.2 Å². The minimum Gasteiger partial charge on any atom is -0.487 e. The van der Waals surface area contributed by atoms with Crippen LogP contribution in [0.3, 0.4) is 0 Å². The smallest absolute Gasteiger partial charge is 0.164 e. The van der Waals surface area contributed by atoms with Crippen LogP contribution in [0.15, 0.2) is 12.1 Å². The van der Waals surface area contributed by atoms with Crippen molar-refractivity contribution in [1.29, 1.82) is 0 Å². The van der Waals surface area contributed by atoms with Crippen LogP contribution in [0.25, 0.3) is 0 Å². The zero-order valence-corrected chi connectivity index (χ0v) is 13.3. The van der Waals surface area contributed by atoms with E-state index in [1.165, 1.54) is 0 Å². The van der Waals surface area contributed by atoms with Crippen LogP contribution in [0.1, 0.15) is 11.1 Å². The molecule has 0 aromatic heterocycles. The van der Waals surface area contributed by atoms with Crippen LogP contribution in [-0.2, 0) is 9.47 Å². The minimum absolute atomic E-state index is 0.00571. The zero-order valence-electron chi connectivity index (χ0n) is 13.3. The molecule has 1 aromatic rings. The lowest BCUT2D eigenvalue weighted by atomic mass is 10.1. The standard InChI is InChI=1S/C16H26O6/c1-13-11-14(2)16(22-10-8-20-6-4-18)15(12-13)21-9-7-19-5-3-17/h11-12,17-18H,3-10H2,1-2H3. The van der Waals surface area contributed by atoms with Crippen LogP contribution in [0.4, 0.5) is 0 Å². The van der Waals surface area contributed by atoms with Crippen molar-refractivity contribution in [1.82, 2.24) is 0 Å². The summed E-state index contributed by atoms with van der Waals surface area (Å²) in [6.07, 6.45) is 0. The quantitative estimate of drug-likeness (QED) is 0.562. The van der Waals surface area contributed by atoms with Gasteiger partial charge in [-0.25, -0.2) is 0 Å². The summed E-state index contributed by atoms with van der Waals surface area (Å²) >= 11 is 0. The molecule has 126 valence electrons. The molecule has 0 atom stereocenters. The van der Waals surface area contributed by atoms with Crippen LogP contribution < -0.4 is 9.47 Å². The molecule has 0 aliphatic rings. The van der Waals surface area contributed by atoms with Gasteiger partial charge in [0.2, 0.25) is 0 Å². The molecule has 0 aliphatic heterocycles. The molecule has 6 heteroatoms. The summed E-state index contributed by atoms with van der Waals surface area (Å²) in [6, 6.07) is 3.95. The monoisotopic (exact) mass is 314 g/mol. The summed E-state index contributed by atoms with van der Waals surface area (Å²) in [5.41, 5.74) is 2.08. The molecular weight excluding hydrogens is 288 g/mol. The summed E-state index contributed by atoms with van der Waals surface area (Å²) in [7, 11) is 0. The Morgan fingerprint density at radius 1 is 0.773 bits per heavy atom. The predicted octanol–water partition coefficient (Wildman–Crippen LogP) is 1.08. The van der Waals surface area contributed by atoms with E-state index in [-0.39, 0.29) is 13.2 Å². The Bertz CT molecular complexity index is 421. The van der Waals surface area contributed by atoms with E-state index in [1.54, 1.807) is 0 Å². The average Bonchev–Trinajstić information content (AvgIpc) is 2.48. The van der Waals surface area contributed by atoms with Crippen molar-refractivity contribution in [3.8, 4) is 11.5 Å². The lowest BCUT2D eigenvalue weighted by Gasteiger charge is -2.16. The maximum Gasteiger partial charge on any atom is 0.164 e. The minimum atomic E-state index is 0.00571. The van der Waals surface area contributed by atoms with Crippen molar-refractivity contribution in [2.24, 2.45) is 0 Å². The first kappa shape index (κ1) is 18.7. The fourth-order valence-corrected chi connectivity index (χ4v) is 1.95. The number of ether oxygens (including phenoxy) is 4. The largest absolute Gasteiger partial charge is 0.487 e. The number of hydrogen-bond acceptors (Lipinski definition) is 6. The summed E-state index contributed by atoms with van der Waals surface area (Å²) < 4.78 is 21.8. The van der Waals surface area contributed by atoms with Crippen LogP contribution in [-0.4, -0.2) is 63.1 Å². The Morgan fingerprint density at radius 2 is 1.36 bits per heavy atom. The van der Waals surface area contributed by atoms with Crippen LogP contribution in [0, 0.1) is 13.8 Å². The Hall–Kier alpha value is -1.34. The predicted molar refractivity (Wildman–Crippen MR) is 82.7 cm³/mol. The number of aliphatic hydroxyl groups excluding tert-OH is 2. The third-order valence-corrected chi connectivity index (χ3v) is 2.82. The summed E-state index contributed by atoms with van der Waals surface area (Å²) in [5.74, 6) is 1.37. The SMILES string of the molecule is Cc1cc(C)c(OCCOCCO)c(OCCOCCO)c1. The van der Waals surface area contributed by atoms with E-state index in [0.717, 1.165) is 11.1 Å². The molecular formula is C16H26O6. The van der Waals surface area contributed by atoms with Crippen molar-refractivity contribution in [3.05, 3.63) is 23.3 Å². The highest BCUT2D eigenvalue weighted by molar-refractivity contribution is 5.48. The first-order valence-electron chi connectivity index (χ1n) is 7.43. The van der Waals surface area contributed by atoms with Crippen molar-refractivity contribution in [2.45, 2.75) is 13.8 Å². The van der Waals surface area contributed by atoms with Gasteiger partial charge in [-0.2, -0.15) is 0 Å². The van der Waals surface area contributed by atoms with Gasteiger partial charge >= 0.3 is 0 Å². The molecule has 0 unspecified atom stereocenters. The summed E-state index contributed by atoms with van der Waals surface area (Å²) in [4.78, 5) is 0. The van der Waals surface area contributed by atoms with Crippen molar-refractivity contribution in [2.75, 3.05) is 52.9 Å². The molecule has 0 radical (unpaired) electrons. The Balaban J connectivity index is 2.53. The average molecular weight is 314 g/mol. The molecule has 0 amide bonds. The number of rotatable bonds is 12. The van der Waals surface area contributed by atoms with Gasteiger partial charge in [-0.15, -0.1) is 0 Å². The fraction of sp³-hybridized carbons (Fsp3) is 0.625. The number of aryl methyl sites for hydroxylation is 2. The number of aliphatic hydroxyl groups is 2. The molecule has 0 saturated carbocycles. The zero-order chi connectivity index (χ0) is 16.2. The molecule has 0 spiro atoms. The van der Waals surface area contributed by atoms with Crippen LogP contribution in [0.2, 0.25) is 0 Å². The van der Waals surface area contributed by atoms with Gasteiger partial charge in [0.1, 0.15) is 13.2 Å². The van der Waals surface area contributed by atoms with Crippen molar-refractivity contribution >= 4 is 0 Å². The molecule has 0 fully saturated rings. The molecule has 22 heavy (non-hydrogen) atoms. The van der Waals surface area contributed by atoms with Gasteiger partial charge in [-0.1, -0.05) is 6.07 Å². The molecule has 0 saturated heterocycles. The van der Waals surface area contributed by atoms with Gasteiger partial charge in [0.15, 0.2) is 11.5 Å². The van der Waals surface area contributed by atoms with E-state index < -0.39 is 0 Å². The summed E-state index contributed by atoms with van der Waals surface area (Å²) in [6.45, 7) is 6.18. The molecule has 1 rings (SSSR count). The lowest BCUT2D eigenvalue weighted by molar-refractivity contribution is 0.0643. The Kier molecular flexibility index (Phi) is 9.57. The molecule has 0 aliphatic carbocycles. The van der Waals surface area contributed by atoms with Gasteiger partial charge in [-0.05, 0) is 31.0 Å². The van der Waals surface area contributed by atoms with Gasteiger partial charge in [-0.3, -0.25) is 0 Å². The third kappa shape index (κ3) is 7.09. The van der Waals surface area contributed by atoms with E-state index in [2.05, 4.69) is 0 Å². The highest BCUT2D eigenvalue weighted by Crippen LogP contribution is 2.32. The van der Waals surface area contributed by atoms with Gasteiger partial charge in [0.25, 0.3) is 0 Å². The summed E-state index contributed by atoms with van der Waals surface area (Å²) in [5, 5.41) is 17.3. The normalized spacial score (nSPS) is 10.7. The highest BCUT2D eigenvalue weighted by Gasteiger charge is 2.10. The van der Waals surface area contributed by atoms with E-state index in [0.29, 0.717) is 51.1 Å². The van der Waals surface area contributed by atoms with Gasteiger partial charge in [0.05, 0.1) is 39.6 Å².